The minimum absolute atomic E-state index is 0.491. The Hall–Kier alpha value is -0.950. The molecule has 2 unspecified atom stereocenters. The number of nitrogens with zero attached hydrogens (tertiary/aromatic N) is 1. The molecule has 1 aromatic rings. The van der Waals surface area contributed by atoms with Crippen LogP contribution in [0.4, 0.5) is 0 Å². The molecule has 2 nitrogen and oxygen atoms in total. The molecule has 0 bridgehead atoms. The fraction of sp³-hybridized carbons (Fsp3) is 0.529. The van der Waals surface area contributed by atoms with Crippen LogP contribution < -0.4 is 5.32 Å². The number of nitrogens with one attached hydrogen (secondary N) is 1. The SMILES string of the molecule is C#CCSCCN1CC(CC)NCC1c1ccccc1. The van der Waals surface area contributed by atoms with E-state index < -0.39 is 0 Å². The number of thioether (sulfide) groups is 1. The highest BCUT2D eigenvalue weighted by atomic mass is 32.2. The Balaban J connectivity index is 1.98. The third-order valence-electron chi connectivity index (χ3n) is 3.88. The summed E-state index contributed by atoms with van der Waals surface area (Å²) in [6, 6.07) is 11.9. The lowest BCUT2D eigenvalue weighted by Gasteiger charge is -2.40. The molecule has 1 aliphatic rings. The lowest BCUT2D eigenvalue weighted by atomic mass is 10.0. The molecule has 3 heteroatoms. The molecule has 1 fully saturated rings. The Bertz CT molecular complexity index is 426. The molecule has 1 aromatic carbocycles. The van der Waals surface area contributed by atoms with Crippen molar-refractivity contribution in [2.24, 2.45) is 0 Å². The molecule has 0 spiro atoms. The van der Waals surface area contributed by atoms with Crippen molar-refractivity contribution >= 4 is 11.8 Å². The molecule has 0 radical (unpaired) electrons. The highest BCUT2D eigenvalue weighted by Crippen LogP contribution is 2.24. The van der Waals surface area contributed by atoms with E-state index in [4.69, 9.17) is 6.42 Å². The van der Waals surface area contributed by atoms with Crippen molar-refractivity contribution in [3.63, 3.8) is 0 Å². The maximum atomic E-state index is 5.32. The van der Waals surface area contributed by atoms with Gasteiger partial charge in [0, 0.05) is 37.5 Å². The number of rotatable bonds is 6. The van der Waals surface area contributed by atoms with Gasteiger partial charge in [0.15, 0.2) is 0 Å². The van der Waals surface area contributed by atoms with Gasteiger partial charge in [0.1, 0.15) is 0 Å². The molecular weight excluding hydrogens is 264 g/mol. The third-order valence-corrected chi connectivity index (χ3v) is 4.72. The van der Waals surface area contributed by atoms with E-state index in [0.717, 1.165) is 31.1 Å². The normalized spacial score (nSPS) is 23.4. The van der Waals surface area contributed by atoms with Crippen LogP contribution in [-0.4, -0.2) is 42.1 Å². The summed E-state index contributed by atoms with van der Waals surface area (Å²) in [6.45, 7) is 5.55. The molecule has 1 heterocycles. The van der Waals surface area contributed by atoms with Crippen LogP contribution in [0.25, 0.3) is 0 Å². The first-order chi connectivity index (χ1) is 9.85. The van der Waals surface area contributed by atoms with Crippen molar-refractivity contribution in [3.05, 3.63) is 35.9 Å². The summed E-state index contributed by atoms with van der Waals surface area (Å²) in [5, 5.41) is 3.67. The number of terminal acetylenes is 1. The summed E-state index contributed by atoms with van der Waals surface area (Å²) in [6.07, 6.45) is 6.51. The van der Waals surface area contributed by atoms with E-state index in [2.05, 4.69) is 53.4 Å². The zero-order chi connectivity index (χ0) is 14.2. The summed E-state index contributed by atoms with van der Waals surface area (Å²) in [4.78, 5) is 2.61. The lowest BCUT2D eigenvalue weighted by molar-refractivity contribution is 0.137. The quantitative estimate of drug-likeness (QED) is 0.640. The first-order valence-corrected chi connectivity index (χ1v) is 8.54. The molecule has 0 amide bonds. The van der Waals surface area contributed by atoms with Crippen molar-refractivity contribution in [1.82, 2.24) is 10.2 Å². The van der Waals surface area contributed by atoms with E-state index in [9.17, 15) is 0 Å². The Labute approximate surface area is 127 Å². The monoisotopic (exact) mass is 288 g/mol. The van der Waals surface area contributed by atoms with E-state index >= 15 is 0 Å². The summed E-state index contributed by atoms with van der Waals surface area (Å²) in [5.41, 5.74) is 1.41. The van der Waals surface area contributed by atoms with Crippen molar-refractivity contribution in [2.75, 3.05) is 31.1 Å². The summed E-state index contributed by atoms with van der Waals surface area (Å²) in [5.74, 6) is 4.63. The Kier molecular flexibility index (Phi) is 6.46. The van der Waals surface area contributed by atoms with Crippen LogP contribution in [0.1, 0.15) is 24.9 Å². The van der Waals surface area contributed by atoms with Crippen LogP contribution >= 0.6 is 11.8 Å². The molecule has 108 valence electrons. The summed E-state index contributed by atoms with van der Waals surface area (Å²) >= 11 is 1.85. The molecule has 2 atom stereocenters. The lowest BCUT2D eigenvalue weighted by Crippen LogP contribution is -2.52. The predicted molar refractivity (Wildman–Crippen MR) is 89.0 cm³/mol. The van der Waals surface area contributed by atoms with E-state index in [1.54, 1.807) is 0 Å². The van der Waals surface area contributed by atoms with E-state index in [1.807, 2.05) is 11.8 Å². The number of piperazine rings is 1. The topological polar surface area (TPSA) is 15.3 Å². The minimum Gasteiger partial charge on any atom is -0.311 e. The number of benzene rings is 1. The van der Waals surface area contributed by atoms with Gasteiger partial charge in [-0.3, -0.25) is 4.90 Å². The van der Waals surface area contributed by atoms with Gasteiger partial charge in [0.2, 0.25) is 0 Å². The molecule has 0 saturated carbocycles. The first-order valence-electron chi connectivity index (χ1n) is 7.38. The van der Waals surface area contributed by atoms with Crippen molar-refractivity contribution in [2.45, 2.75) is 25.4 Å². The molecule has 1 N–H and O–H groups in total. The largest absolute Gasteiger partial charge is 0.311 e. The van der Waals surface area contributed by atoms with Crippen LogP contribution in [0, 0.1) is 12.3 Å². The van der Waals surface area contributed by atoms with Gasteiger partial charge in [-0.2, -0.15) is 0 Å². The first kappa shape index (κ1) is 15.4. The molecule has 1 saturated heterocycles. The Morgan fingerprint density at radius 3 is 2.90 bits per heavy atom. The zero-order valence-electron chi connectivity index (χ0n) is 12.2. The van der Waals surface area contributed by atoms with Crippen molar-refractivity contribution in [1.29, 1.82) is 0 Å². The van der Waals surface area contributed by atoms with Crippen molar-refractivity contribution in [3.8, 4) is 12.3 Å². The predicted octanol–water partition coefficient (Wildman–Crippen LogP) is 2.78. The summed E-state index contributed by atoms with van der Waals surface area (Å²) < 4.78 is 0. The van der Waals surface area contributed by atoms with Gasteiger partial charge in [0.25, 0.3) is 0 Å². The second-order valence-electron chi connectivity index (χ2n) is 5.19. The average molecular weight is 288 g/mol. The Morgan fingerprint density at radius 2 is 2.20 bits per heavy atom. The molecule has 1 aliphatic heterocycles. The van der Waals surface area contributed by atoms with Gasteiger partial charge < -0.3 is 5.32 Å². The van der Waals surface area contributed by atoms with Crippen LogP contribution in [0.15, 0.2) is 30.3 Å². The summed E-state index contributed by atoms with van der Waals surface area (Å²) in [7, 11) is 0. The van der Waals surface area contributed by atoms with Gasteiger partial charge in [0.05, 0.1) is 5.75 Å². The zero-order valence-corrected chi connectivity index (χ0v) is 13.0. The van der Waals surface area contributed by atoms with Crippen LogP contribution in [0.5, 0.6) is 0 Å². The van der Waals surface area contributed by atoms with Crippen molar-refractivity contribution < 1.29 is 0 Å². The number of hydrogen-bond acceptors (Lipinski definition) is 3. The van der Waals surface area contributed by atoms with E-state index in [-0.39, 0.29) is 0 Å². The van der Waals surface area contributed by atoms with Crippen LogP contribution in [0.3, 0.4) is 0 Å². The number of hydrogen-bond donors (Lipinski definition) is 1. The maximum Gasteiger partial charge on any atom is 0.0545 e. The smallest absolute Gasteiger partial charge is 0.0545 e. The second-order valence-corrected chi connectivity index (χ2v) is 6.30. The van der Waals surface area contributed by atoms with E-state index in [0.29, 0.717) is 12.1 Å². The molecular formula is C17H24N2S. The third kappa shape index (κ3) is 4.28. The Morgan fingerprint density at radius 1 is 1.40 bits per heavy atom. The molecule has 0 aromatic heterocycles. The fourth-order valence-corrected chi connectivity index (χ4v) is 3.35. The average Bonchev–Trinajstić information content (AvgIpc) is 2.52. The molecule has 20 heavy (non-hydrogen) atoms. The van der Waals surface area contributed by atoms with Crippen LogP contribution in [0.2, 0.25) is 0 Å². The van der Waals surface area contributed by atoms with Gasteiger partial charge in [-0.1, -0.05) is 43.2 Å². The van der Waals surface area contributed by atoms with Gasteiger partial charge in [-0.05, 0) is 12.0 Å². The molecule has 0 aliphatic carbocycles. The molecule has 2 rings (SSSR count). The van der Waals surface area contributed by atoms with Crippen LogP contribution in [-0.2, 0) is 0 Å². The van der Waals surface area contributed by atoms with Gasteiger partial charge in [-0.15, -0.1) is 18.2 Å². The van der Waals surface area contributed by atoms with Gasteiger partial charge >= 0.3 is 0 Å². The maximum absolute atomic E-state index is 5.32. The fourth-order valence-electron chi connectivity index (χ4n) is 2.72. The standard InChI is InChI=1S/C17H24N2S/c1-3-11-20-12-10-19-14-16(4-2)18-13-17(19)15-8-6-5-7-9-15/h1,5-9,16-18H,4,10-14H2,2H3. The minimum atomic E-state index is 0.491. The highest BCUT2D eigenvalue weighted by molar-refractivity contribution is 7.99. The highest BCUT2D eigenvalue weighted by Gasteiger charge is 2.27. The van der Waals surface area contributed by atoms with E-state index in [1.165, 1.54) is 12.0 Å². The van der Waals surface area contributed by atoms with Gasteiger partial charge in [-0.25, -0.2) is 0 Å². The second kappa shape index (κ2) is 8.36.